The fraction of sp³-hybridized carbons (Fsp3) is 0.125. The lowest BCUT2D eigenvalue weighted by Gasteiger charge is -2.07. The van der Waals surface area contributed by atoms with E-state index >= 15 is 0 Å². The van der Waals surface area contributed by atoms with Gasteiger partial charge in [-0.15, -0.1) is 0 Å². The predicted molar refractivity (Wildman–Crippen MR) is 83.8 cm³/mol. The van der Waals surface area contributed by atoms with Gasteiger partial charge in [-0.25, -0.2) is 0 Å². The highest BCUT2D eigenvalue weighted by atomic mass is 35.5. The minimum atomic E-state index is -4.38. The molecule has 0 saturated heterocycles. The lowest BCUT2D eigenvalue weighted by atomic mass is 10.1. The molecule has 1 unspecified atom stereocenters. The van der Waals surface area contributed by atoms with Crippen molar-refractivity contribution in [3.63, 3.8) is 0 Å². The monoisotopic (exact) mass is 344 g/mol. The lowest BCUT2D eigenvalue weighted by Crippen LogP contribution is -2.04. The predicted octanol–water partition coefficient (Wildman–Crippen LogP) is 5.28. The van der Waals surface area contributed by atoms with Crippen molar-refractivity contribution >= 4 is 28.9 Å². The van der Waals surface area contributed by atoms with E-state index in [1.54, 1.807) is 24.3 Å². The molecule has 0 N–H and O–H groups in total. The van der Waals surface area contributed by atoms with Crippen LogP contribution >= 0.6 is 11.6 Å². The average Bonchev–Trinajstić information content (AvgIpc) is 2.47. The van der Waals surface area contributed by atoms with Gasteiger partial charge in [0.1, 0.15) is 11.2 Å². The normalized spacial score (nSPS) is 13.5. The third-order valence-corrected chi connectivity index (χ3v) is 4.16. The summed E-state index contributed by atoms with van der Waals surface area (Å²) < 4.78 is 49.7. The fourth-order valence-electron chi connectivity index (χ4n) is 1.77. The molecule has 0 saturated carbocycles. The molecule has 0 bridgehead atoms. The highest BCUT2D eigenvalue weighted by Gasteiger charge is 2.30. The fourth-order valence-corrected chi connectivity index (χ4v) is 2.82. The van der Waals surface area contributed by atoms with Crippen LogP contribution in [-0.4, -0.2) is 4.55 Å². The van der Waals surface area contributed by atoms with Crippen molar-refractivity contribution in [1.29, 1.82) is 0 Å². The van der Waals surface area contributed by atoms with Crippen LogP contribution in [0.25, 0.3) is 6.08 Å². The maximum atomic E-state index is 12.6. The molecular formula is C16H12ClF3OS. The third-order valence-electron chi connectivity index (χ3n) is 2.85. The smallest absolute Gasteiger partial charge is 0.416 e. The molecule has 1 nitrogen and oxygen atoms in total. The van der Waals surface area contributed by atoms with Gasteiger partial charge in [-0.1, -0.05) is 35.9 Å². The van der Waals surface area contributed by atoms with Gasteiger partial charge in [0, 0.05) is 10.6 Å². The quantitative estimate of drug-likeness (QED) is 0.692. The second-order valence-electron chi connectivity index (χ2n) is 4.58. The minimum absolute atomic E-state index is 0.284. The zero-order chi connectivity index (χ0) is 16.2. The molecule has 0 aliphatic heterocycles. The average molecular weight is 345 g/mol. The summed E-state index contributed by atoms with van der Waals surface area (Å²) in [6.07, 6.45) is -2.95. The molecule has 0 fully saturated rings. The van der Waals surface area contributed by atoms with E-state index in [0.29, 0.717) is 10.6 Å². The standard InChI is InChI=1S/C16H12ClF3OS/c17-15-6-4-13(5-7-15)11-22(21)9-8-12-2-1-3-14(10-12)16(18,19)20/h1-10H,11H2. The number of alkyl halides is 3. The maximum Gasteiger partial charge on any atom is 0.416 e. The van der Waals surface area contributed by atoms with Crippen molar-refractivity contribution in [2.24, 2.45) is 0 Å². The van der Waals surface area contributed by atoms with Crippen molar-refractivity contribution in [3.8, 4) is 0 Å². The van der Waals surface area contributed by atoms with Gasteiger partial charge >= 0.3 is 6.18 Å². The second-order valence-corrected chi connectivity index (χ2v) is 6.34. The lowest BCUT2D eigenvalue weighted by molar-refractivity contribution is -0.137. The first-order valence-corrected chi connectivity index (χ1v) is 8.08. The molecule has 1 atom stereocenters. The Morgan fingerprint density at radius 2 is 1.77 bits per heavy atom. The molecule has 2 aromatic carbocycles. The van der Waals surface area contributed by atoms with Gasteiger partial charge in [-0.3, -0.25) is 0 Å². The Balaban J connectivity index is 2.03. The molecule has 116 valence electrons. The Kier molecular flexibility index (Phi) is 5.56. The molecule has 0 aromatic heterocycles. The molecule has 6 heteroatoms. The van der Waals surface area contributed by atoms with Crippen LogP contribution < -0.4 is 0 Å². The molecular weight excluding hydrogens is 333 g/mol. The minimum Gasteiger partial charge on any atom is -0.612 e. The van der Waals surface area contributed by atoms with Crippen LogP contribution in [0, 0.1) is 0 Å². The second kappa shape index (κ2) is 7.22. The summed E-state index contributed by atoms with van der Waals surface area (Å²) in [5, 5.41) is 1.98. The first-order chi connectivity index (χ1) is 10.3. The van der Waals surface area contributed by atoms with Crippen molar-refractivity contribution in [2.45, 2.75) is 11.9 Å². The topological polar surface area (TPSA) is 23.1 Å². The van der Waals surface area contributed by atoms with Crippen molar-refractivity contribution < 1.29 is 17.7 Å². The van der Waals surface area contributed by atoms with Gasteiger partial charge in [0.05, 0.1) is 5.56 Å². The van der Waals surface area contributed by atoms with E-state index in [0.717, 1.165) is 17.7 Å². The van der Waals surface area contributed by atoms with Gasteiger partial charge in [-0.2, -0.15) is 13.2 Å². The zero-order valence-electron chi connectivity index (χ0n) is 11.3. The Hall–Kier alpha value is -1.43. The molecule has 0 radical (unpaired) electrons. The van der Waals surface area contributed by atoms with Crippen LogP contribution in [-0.2, 0) is 23.1 Å². The summed E-state index contributed by atoms with van der Waals surface area (Å²) in [7, 11) is 0. The van der Waals surface area contributed by atoms with Gasteiger partial charge in [0.25, 0.3) is 0 Å². The Bertz CT molecular complexity index is 653. The molecule has 0 amide bonds. The van der Waals surface area contributed by atoms with Gasteiger partial charge in [0.2, 0.25) is 0 Å². The molecule has 0 heterocycles. The van der Waals surface area contributed by atoms with E-state index in [1.807, 2.05) is 0 Å². The molecule has 2 aromatic rings. The van der Waals surface area contributed by atoms with Gasteiger partial charge in [-0.05, 0) is 47.1 Å². The van der Waals surface area contributed by atoms with Crippen LogP contribution in [0.5, 0.6) is 0 Å². The van der Waals surface area contributed by atoms with Crippen molar-refractivity contribution in [2.75, 3.05) is 0 Å². The molecule has 2 rings (SSSR count). The Morgan fingerprint density at radius 1 is 1.09 bits per heavy atom. The van der Waals surface area contributed by atoms with Crippen LogP contribution in [0.3, 0.4) is 0 Å². The summed E-state index contributed by atoms with van der Waals surface area (Å²) in [5.41, 5.74) is 0.480. The number of rotatable bonds is 4. The SMILES string of the molecule is [O-][S+](C=Cc1cccc(C(F)(F)F)c1)Cc1ccc(Cl)cc1. The number of halogens is 4. The van der Waals surface area contributed by atoms with Gasteiger partial charge < -0.3 is 4.55 Å². The first kappa shape index (κ1) is 16.9. The highest BCUT2D eigenvalue weighted by molar-refractivity contribution is 7.93. The number of hydrogen-bond donors (Lipinski definition) is 0. The summed E-state index contributed by atoms with van der Waals surface area (Å²) in [6, 6.07) is 11.8. The highest BCUT2D eigenvalue weighted by Crippen LogP contribution is 2.29. The van der Waals surface area contributed by atoms with Gasteiger partial charge in [0.15, 0.2) is 0 Å². The van der Waals surface area contributed by atoms with E-state index in [4.69, 9.17) is 11.6 Å². The van der Waals surface area contributed by atoms with Crippen LogP contribution in [0.1, 0.15) is 16.7 Å². The van der Waals surface area contributed by atoms with E-state index in [-0.39, 0.29) is 5.75 Å². The number of benzene rings is 2. The van der Waals surface area contributed by atoms with E-state index in [2.05, 4.69) is 0 Å². The third kappa shape index (κ3) is 5.09. The Morgan fingerprint density at radius 3 is 2.41 bits per heavy atom. The molecule has 22 heavy (non-hydrogen) atoms. The summed E-state index contributed by atoms with van der Waals surface area (Å²) in [4.78, 5) is 0. The van der Waals surface area contributed by atoms with Crippen LogP contribution in [0.2, 0.25) is 5.02 Å². The summed E-state index contributed by atoms with van der Waals surface area (Å²) in [5.74, 6) is 0.284. The summed E-state index contributed by atoms with van der Waals surface area (Å²) in [6.45, 7) is 0. The zero-order valence-corrected chi connectivity index (χ0v) is 12.9. The summed E-state index contributed by atoms with van der Waals surface area (Å²) >= 11 is 4.45. The number of hydrogen-bond acceptors (Lipinski definition) is 1. The van der Waals surface area contributed by atoms with Crippen LogP contribution in [0.15, 0.2) is 53.9 Å². The van der Waals surface area contributed by atoms with Crippen molar-refractivity contribution in [1.82, 2.24) is 0 Å². The van der Waals surface area contributed by atoms with E-state index in [1.165, 1.54) is 23.6 Å². The molecule has 0 aliphatic rings. The first-order valence-electron chi connectivity index (χ1n) is 6.32. The Labute approximate surface area is 134 Å². The largest absolute Gasteiger partial charge is 0.612 e. The van der Waals surface area contributed by atoms with Crippen LogP contribution in [0.4, 0.5) is 13.2 Å². The maximum absolute atomic E-state index is 12.6. The molecule has 0 spiro atoms. The molecule has 0 aliphatic carbocycles. The van der Waals surface area contributed by atoms with Crippen molar-refractivity contribution in [3.05, 3.63) is 75.7 Å². The van der Waals surface area contributed by atoms with E-state index in [9.17, 15) is 17.7 Å². The van der Waals surface area contributed by atoms with E-state index < -0.39 is 22.9 Å².